The van der Waals surface area contributed by atoms with Gasteiger partial charge in [0.2, 0.25) is 5.62 Å². The molecule has 0 spiro atoms. The largest absolute Gasteiger partial charge is 0.491 e. The molecule has 174 valence electrons. The summed E-state index contributed by atoms with van der Waals surface area (Å²) in [7, 11) is 1.61. The molecule has 5 rings (SSSR count). The van der Waals surface area contributed by atoms with Crippen LogP contribution in [0, 0.1) is 0 Å². The number of amides is 1. The van der Waals surface area contributed by atoms with Crippen LogP contribution in [0.15, 0.2) is 34.6 Å². The van der Waals surface area contributed by atoms with E-state index in [0.717, 1.165) is 57.0 Å². The van der Waals surface area contributed by atoms with Crippen LogP contribution in [0.2, 0.25) is 0 Å². The van der Waals surface area contributed by atoms with E-state index in [4.69, 9.17) is 19.2 Å². The minimum atomic E-state index is -0.298. The van der Waals surface area contributed by atoms with Gasteiger partial charge in [-0.05, 0) is 30.0 Å². The topological polar surface area (TPSA) is 90.2 Å². The molecular formula is C23H27N5O4S. The maximum Gasteiger partial charge on any atom is 0.290 e. The SMILES string of the molecule is COc1c(OCCCN2CCOCC2)ccc2c3n(c(=NC(=O)c4cccs4)nc12)CCN3. The molecular weight excluding hydrogens is 442 g/mol. The van der Waals surface area contributed by atoms with Crippen LogP contribution >= 0.6 is 11.3 Å². The number of carbonyl (C=O) groups is 1. The fraction of sp³-hybridized carbons (Fsp3) is 0.435. The smallest absolute Gasteiger partial charge is 0.290 e. The van der Waals surface area contributed by atoms with Crippen LogP contribution in [-0.2, 0) is 11.3 Å². The van der Waals surface area contributed by atoms with Crippen LogP contribution in [0.3, 0.4) is 0 Å². The summed E-state index contributed by atoms with van der Waals surface area (Å²) in [5.41, 5.74) is 0.991. The molecule has 2 aromatic heterocycles. The third-order valence-electron chi connectivity index (χ3n) is 5.82. The first-order valence-electron chi connectivity index (χ1n) is 11.2. The lowest BCUT2D eigenvalue weighted by Crippen LogP contribution is -2.37. The van der Waals surface area contributed by atoms with Crippen molar-refractivity contribution in [3.05, 3.63) is 40.1 Å². The Kier molecular flexibility index (Phi) is 6.56. The van der Waals surface area contributed by atoms with E-state index in [1.807, 2.05) is 28.1 Å². The van der Waals surface area contributed by atoms with Crippen molar-refractivity contribution >= 4 is 34.0 Å². The molecule has 1 saturated heterocycles. The third-order valence-corrected chi connectivity index (χ3v) is 6.68. The van der Waals surface area contributed by atoms with Crippen LogP contribution in [0.4, 0.5) is 5.82 Å². The lowest BCUT2D eigenvalue weighted by molar-refractivity contribution is 0.0357. The number of benzene rings is 1. The van der Waals surface area contributed by atoms with Crippen LogP contribution in [-0.4, -0.2) is 73.5 Å². The molecule has 0 radical (unpaired) electrons. The van der Waals surface area contributed by atoms with Gasteiger partial charge in [-0.3, -0.25) is 14.3 Å². The van der Waals surface area contributed by atoms with Crippen LogP contribution in [0.1, 0.15) is 16.1 Å². The molecule has 0 aliphatic carbocycles. The summed E-state index contributed by atoms with van der Waals surface area (Å²) in [6.45, 7) is 6.51. The number of hydrogen-bond donors (Lipinski definition) is 1. The molecule has 0 saturated carbocycles. The van der Waals surface area contributed by atoms with Gasteiger partial charge in [-0.15, -0.1) is 11.3 Å². The normalized spacial score (nSPS) is 16.6. The van der Waals surface area contributed by atoms with Gasteiger partial charge in [0.25, 0.3) is 5.91 Å². The van der Waals surface area contributed by atoms with Crippen molar-refractivity contribution in [1.29, 1.82) is 0 Å². The summed E-state index contributed by atoms with van der Waals surface area (Å²) in [5.74, 6) is 1.77. The van der Waals surface area contributed by atoms with Crippen LogP contribution < -0.4 is 20.4 Å². The third kappa shape index (κ3) is 4.59. The summed E-state index contributed by atoms with van der Waals surface area (Å²) in [5, 5.41) is 6.17. The number of fused-ring (bicyclic) bond motifs is 3. The number of carbonyl (C=O) groups excluding carboxylic acids is 1. The van der Waals surface area contributed by atoms with Crippen molar-refractivity contribution < 1.29 is 19.0 Å². The Labute approximate surface area is 195 Å². The van der Waals surface area contributed by atoms with Gasteiger partial charge in [-0.1, -0.05) is 6.07 Å². The number of ether oxygens (including phenoxy) is 3. The molecule has 33 heavy (non-hydrogen) atoms. The molecule has 3 aromatic rings. The first-order chi connectivity index (χ1) is 16.2. The Balaban J connectivity index is 1.43. The van der Waals surface area contributed by atoms with Gasteiger partial charge in [-0.25, -0.2) is 4.98 Å². The minimum Gasteiger partial charge on any atom is -0.491 e. The van der Waals surface area contributed by atoms with Gasteiger partial charge in [-0.2, -0.15) is 4.99 Å². The van der Waals surface area contributed by atoms with Gasteiger partial charge in [0.05, 0.1) is 31.8 Å². The van der Waals surface area contributed by atoms with E-state index in [1.165, 1.54) is 11.3 Å². The fourth-order valence-electron chi connectivity index (χ4n) is 4.19. The highest BCUT2D eigenvalue weighted by Gasteiger charge is 2.21. The Hall–Kier alpha value is -2.95. The van der Waals surface area contributed by atoms with Crippen molar-refractivity contribution in [2.75, 3.05) is 58.4 Å². The molecule has 0 atom stereocenters. The van der Waals surface area contributed by atoms with Crippen molar-refractivity contribution in [3.8, 4) is 11.5 Å². The number of thiophene rings is 1. The van der Waals surface area contributed by atoms with E-state index in [9.17, 15) is 4.79 Å². The quantitative estimate of drug-likeness (QED) is 0.532. The predicted molar refractivity (Wildman–Crippen MR) is 126 cm³/mol. The summed E-state index contributed by atoms with van der Waals surface area (Å²) < 4.78 is 19.1. The van der Waals surface area contributed by atoms with Crippen molar-refractivity contribution in [3.63, 3.8) is 0 Å². The Morgan fingerprint density at radius 1 is 1.27 bits per heavy atom. The first-order valence-corrected chi connectivity index (χ1v) is 12.0. The van der Waals surface area contributed by atoms with Crippen molar-refractivity contribution in [2.24, 2.45) is 4.99 Å². The molecule has 1 fully saturated rings. The molecule has 2 aliphatic rings. The van der Waals surface area contributed by atoms with Gasteiger partial charge in [0.15, 0.2) is 11.5 Å². The number of nitrogens with one attached hydrogen (secondary N) is 1. The predicted octanol–water partition coefficient (Wildman–Crippen LogP) is 2.37. The number of morpholine rings is 1. The van der Waals surface area contributed by atoms with Gasteiger partial charge in [0.1, 0.15) is 11.3 Å². The highest BCUT2D eigenvalue weighted by atomic mass is 32.1. The second kappa shape index (κ2) is 9.90. The zero-order valence-electron chi connectivity index (χ0n) is 18.6. The van der Waals surface area contributed by atoms with E-state index in [2.05, 4.69) is 15.2 Å². The van der Waals surface area contributed by atoms with Gasteiger partial charge < -0.3 is 19.5 Å². The number of nitrogens with zero attached hydrogens (tertiary/aromatic N) is 4. The molecule has 0 unspecified atom stereocenters. The highest BCUT2D eigenvalue weighted by molar-refractivity contribution is 7.12. The average Bonchev–Trinajstić information content (AvgIpc) is 3.55. The fourth-order valence-corrected chi connectivity index (χ4v) is 4.79. The van der Waals surface area contributed by atoms with E-state index in [1.54, 1.807) is 13.2 Å². The molecule has 10 heteroatoms. The number of anilines is 1. The Morgan fingerprint density at radius 3 is 2.94 bits per heavy atom. The Morgan fingerprint density at radius 2 is 2.15 bits per heavy atom. The Bertz CT molecular complexity index is 1200. The average molecular weight is 470 g/mol. The molecule has 9 nitrogen and oxygen atoms in total. The zero-order valence-corrected chi connectivity index (χ0v) is 19.4. The lowest BCUT2D eigenvalue weighted by Gasteiger charge is -2.26. The number of methoxy groups -OCH3 is 1. The molecule has 4 heterocycles. The van der Waals surface area contributed by atoms with Crippen molar-refractivity contribution in [2.45, 2.75) is 13.0 Å². The maximum atomic E-state index is 12.6. The van der Waals surface area contributed by atoms with E-state index in [0.29, 0.717) is 40.7 Å². The zero-order chi connectivity index (χ0) is 22.6. The van der Waals surface area contributed by atoms with Gasteiger partial charge in [0, 0.05) is 38.1 Å². The summed E-state index contributed by atoms with van der Waals surface area (Å²) in [6.07, 6.45) is 0.909. The highest BCUT2D eigenvalue weighted by Crippen LogP contribution is 2.37. The summed E-state index contributed by atoms with van der Waals surface area (Å²) >= 11 is 1.37. The van der Waals surface area contributed by atoms with E-state index in [-0.39, 0.29) is 5.91 Å². The molecule has 1 N–H and O–H groups in total. The second-order valence-corrected chi connectivity index (χ2v) is 8.83. The van der Waals surface area contributed by atoms with Crippen LogP contribution in [0.5, 0.6) is 11.5 Å². The van der Waals surface area contributed by atoms with Crippen LogP contribution in [0.25, 0.3) is 10.9 Å². The standard InChI is InChI=1S/C23H27N5O4S/c1-30-20-17(32-12-3-8-27-10-13-31-14-11-27)6-5-16-19(20)25-23(28-9-7-24-21(16)28)26-22(29)18-4-2-15-33-18/h2,4-6,15,24H,3,7-14H2,1H3. The second-order valence-electron chi connectivity index (χ2n) is 7.88. The molecule has 2 aliphatic heterocycles. The summed E-state index contributed by atoms with van der Waals surface area (Å²) in [4.78, 5) is 24.7. The minimum absolute atomic E-state index is 0.298. The molecule has 1 amide bonds. The maximum absolute atomic E-state index is 12.6. The van der Waals surface area contributed by atoms with Crippen molar-refractivity contribution in [1.82, 2.24) is 14.5 Å². The monoisotopic (exact) mass is 469 g/mol. The lowest BCUT2D eigenvalue weighted by atomic mass is 10.2. The molecule has 1 aromatic carbocycles. The van der Waals surface area contributed by atoms with E-state index >= 15 is 0 Å². The summed E-state index contributed by atoms with van der Waals surface area (Å²) in [6, 6.07) is 7.51. The molecule has 0 bridgehead atoms. The number of hydrogen-bond acceptors (Lipinski definition) is 8. The number of aromatic nitrogens is 2. The van der Waals surface area contributed by atoms with Gasteiger partial charge >= 0.3 is 0 Å². The first kappa shape index (κ1) is 21.9. The van der Waals surface area contributed by atoms with E-state index < -0.39 is 0 Å². The number of rotatable bonds is 7.